The first-order chi connectivity index (χ1) is 10.7. The number of nitrogens with zero attached hydrogens (tertiary/aromatic N) is 2. The average Bonchev–Trinajstić information content (AvgIpc) is 2.80. The van der Waals surface area contributed by atoms with Crippen LogP contribution in [-0.2, 0) is 19.3 Å². The Labute approximate surface area is 136 Å². The predicted octanol–water partition coefficient (Wildman–Crippen LogP) is 3.66. The third kappa shape index (κ3) is 3.69. The number of benzene rings is 1. The molecule has 3 rings (SSSR count). The van der Waals surface area contributed by atoms with E-state index in [4.69, 9.17) is 5.73 Å². The van der Waals surface area contributed by atoms with E-state index in [9.17, 15) is 0 Å². The third-order valence-corrected chi connectivity index (χ3v) is 5.14. The first kappa shape index (κ1) is 15.1. The van der Waals surface area contributed by atoms with Crippen molar-refractivity contribution in [1.82, 2.24) is 9.88 Å². The first-order valence-electron chi connectivity index (χ1n) is 7.96. The molecule has 2 N–H and O–H groups in total. The number of fused-ring (bicyclic) bond motifs is 1. The topological polar surface area (TPSA) is 42.2 Å². The number of anilines is 1. The molecule has 4 heteroatoms. The Morgan fingerprint density at radius 1 is 1.27 bits per heavy atom. The van der Waals surface area contributed by atoms with Crippen LogP contribution >= 0.6 is 11.3 Å². The SMILES string of the molecule is CCC(=CN1CCc2nc(N)sc2CC1)Cc1ccccc1. The zero-order valence-corrected chi connectivity index (χ0v) is 13.9. The highest BCUT2D eigenvalue weighted by Gasteiger charge is 2.16. The van der Waals surface area contributed by atoms with Crippen LogP contribution in [0.15, 0.2) is 42.1 Å². The maximum atomic E-state index is 5.81. The quantitative estimate of drug-likeness (QED) is 0.936. The normalized spacial score (nSPS) is 15.5. The Morgan fingerprint density at radius 3 is 2.82 bits per heavy atom. The molecule has 0 aliphatic carbocycles. The van der Waals surface area contributed by atoms with Gasteiger partial charge >= 0.3 is 0 Å². The van der Waals surface area contributed by atoms with E-state index >= 15 is 0 Å². The van der Waals surface area contributed by atoms with E-state index < -0.39 is 0 Å². The molecule has 0 radical (unpaired) electrons. The highest BCUT2D eigenvalue weighted by molar-refractivity contribution is 7.15. The maximum absolute atomic E-state index is 5.81. The van der Waals surface area contributed by atoms with Gasteiger partial charge in [-0.25, -0.2) is 4.98 Å². The molecule has 3 nitrogen and oxygen atoms in total. The Balaban J connectivity index is 1.67. The molecule has 1 aromatic heterocycles. The van der Waals surface area contributed by atoms with Crippen LogP contribution in [0.25, 0.3) is 0 Å². The molecule has 0 atom stereocenters. The summed E-state index contributed by atoms with van der Waals surface area (Å²) in [5.74, 6) is 0. The number of thiazole rings is 1. The molecule has 2 heterocycles. The van der Waals surface area contributed by atoms with Gasteiger partial charge in [-0.1, -0.05) is 42.8 Å². The van der Waals surface area contributed by atoms with Gasteiger partial charge in [0, 0.05) is 30.8 Å². The summed E-state index contributed by atoms with van der Waals surface area (Å²) < 4.78 is 0. The number of hydrogen-bond acceptors (Lipinski definition) is 4. The van der Waals surface area contributed by atoms with Crippen molar-refractivity contribution in [3.8, 4) is 0 Å². The fraction of sp³-hybridized carbons (Fsp3) is 0.389. The first-order valence-corrected chi connectivity index (χ1v) is 8.78. The smallest absolute Gasteiger partial charge is 0.180 e. The molecule has 0 unspecified atom stereocenters. The van der Waals surface area contributed by atoms with Gasteiger partial charge in [0.15, 0.2) is 5.13 Å². The molecule has 0 saturated carbocycles. The molecule has 0 bridgehead atoms. The summed E-state index contributed by atoms with van der Waals surface area (Å²) in [5, 5.41) is 0.715. The van der Waals surface area contributed by atoms with Crippen LogP contribution in [-0.4, -0.2) is 23.0 Å². The van der Waals surface area contributed by atoms with Gasteiger partial charge in [0.1, 0.15) is 0 Å². The molecular formula is C18H23N3S. The van der Waals surface area contributed by atoms with Crippen molar-refractivity contribution in [2.75, 3.05) is 18.8 Å². The summed E-state index contributed by atoms with van der Waals surface area (Å²) in [5.41, 5.74) is 9.90. The van der Waals surface area contributed by atoms with Crippen molar-refractivity contribution in [2.24, 2.45) is 0 Å². The van der Waals surface area contributed by atoms with E-state index in [-0.39, 0.29) is 0 Å². The molecule has 1 aromatic carbocycles. The monoisotopic (exact) mass is 313 g/mol. The van der Waals surface area contributed by atoms with Crippen molar-refractivity contribution in [3.05, 3.63) is 58.2 Å². The van der Waals surface area contributed by atoms with Gasteiger partial charge in [-0.15, -0.1) is 11.3 Å². The zero-order chi connectivity index (χ0) is 15.4. The Bertz CT molecular complexity index is 620. The summed E-state index contributed by atoms with van der Waals surface area (Å²) in [6.45, 7) is 4.34. The van der Waals surface area contributed by atoms with Gasteiger partial charge < -0.3 is 10.6 Å². The van der Waals surface area contributed by atoms with Crippen LogP contribution in [0, 0.1) is 0 Å². The summed E-state index contributed by atoms with van der Waals surface area (Å²) in [7, 11) is 0. The second-order valence-corrected chi connectivity index (χ2v) is 6.88. The van der Waals surface area contributed by atoms with Gasteiger partial charge in [0.05, 0.1) is 5.69 Å². The second kappa shape index (κ2) is 6.97. The van der Waals surface area contributed by atoms with Crippen molar-refractivity contribution < 1.29 is 0 Å². The van der Waals surface area contributed by atoms with Gasteiger partial charge in [-0.3, -0.25) is 0 Å². The van der Waals surface area contributed by atoms with Crippen molar-refractivity contribution in [1.29, 1.82) is 0 Å². The van der Waals surface area contributed by atoms with Crippen molar-refractivity contribution in [3.63, 3.8) is 0 Å². The van der Waals surface area contributed by atoms with Crippen molar-refractivity contribution >= 4 is 16.5 Å². The summed E-state index contributed by atoms with van der Waals surface area (Å²) in [4.78, 5) is 8.28. The van der Waals surface area contributed by atoms with Gasteiger partial charge in [-0.2, -0.15) is 0 Å². The zero-order valence-electron chi connectivity index (χ0n) is 13.1. The number of aromatic nitrogens is 1. The Kier molecular flexibility index (Phi) is 4.78. The van der Waals surface area contributed by atoms with E-state index in [0.717, 1.165) is 38.8 Å². The Hall–Kier alpha value is -1.81. The molecule has 1 aliphatic rings. The Morgan fingerprint density at radius 2 is 2.05 bits per heavy atom. The second-order valence-electron chi connectivity index (χ2n) is 5.76. The minimum Gasteiger partial charge on any atom is -0.377 e. The van der Waals surface area contributed by atoms with Crippen molar-refractivity contribution in [2.45, 2.75) is 32.6 Å². The number of allylic oxidation sites excluding steroid dienone is 1. The summed E-state index contributed by atoms with van der Waals surface area (Å²) >= 11 is 1.65. The molecule has 22 heavy (non-hydrogen) atoms. The molecule has 116 valence electrons. The van der Waals surface area contributed by atoms with E-state index in [0.29, 0.717) is 5.13 Å². The molecule has 0 amide bonds. The number of nitrogens with two attached hydrogens (primary N) is 1. The lowest BCUT2D eigenvalue weighted by Gasteiger charge is -2.19. The summed E-state index contributed by atoms with van der Waals surface area (Å²) in [6.07, 6.45) is 6.57. The van der Waals surface area contributed by atoms with Gasteiger partial charge in [0.25, 0.3) is 0 Å². The third-order valence-electron chi connectivity index (χ3n) is 4.15. The average molecular weight is 313 g/mol. The minimum atomic E-state index is 0.715. The van der Waals surface area contributed by atoms with Crippen LogP contribution in [0.4, 0.5) is 5.13 Å². The molecule has 0 saturated heterocycles. The molecule has 1 aliphatic heterocycles. The molecule has 0 spiro atoms. The predicted molar refractivity (Wildman–Crippen MR) is 94.0 cm³/mol. The molecule has 0 fully saturated rings. The van der Waals surface area contributed by atoms with E-state index in [1.165, 1.54) is 21.7 Å². The number of nitrogen functional groups attached to an aromatic ring is 1. The maximum Gasteiger partial charge on any atom is 0.180 e. The molecule has 2 aromatic rings. The lowest BCUT2D eigenvalue weighted by molar-refractivity contribution is 0.390. The number of hydrogen-bond donors (Lipinski definition) is 1. The van der Waals surface area contributed by atoms with E-state index in [2.05, 4.69) is 53.3 Å². The van der Waals surface area contributed by atoms with Crippen LogP contribution in [0.1, 0.15) is 29.5 Å². The van der Waals surface area contributed by atoms with Crippen LogP contribution in [0.5, 0.6) is 0 Å². The van der Waals surface area contributed by atoms with Crippen LogP contribution in [0.2, 0.25) is 0 Å². The van der Waals surface area contributed by atoms with Crippen LogP contribution in [0.3, 0.4) is 0 Å². The molecular weight excluding hydrogens is 290 g/mol. The fourth-order valence-electron chi connectivity index (χ4n) is 2.91. The lowest BCUT2D eigenvalue weighted by Crippen LogP contribution is -2.21. The highest BCUT2D eigenvalue weighted by Crippen LogP contribution is 2.24. The van der Waals surface area contributed by atoms with Crippen LogP contribution < -0.4 is 5.73 Å². The largest absolute Gasteiger partial charge is 0.377 e. The minimum absolute atomic E-state index is 0.715. The fourth-order valence-corrected chi connectivity index (χ4v) is 3.77. The number of rotatable bonds is 4. The van der Waals surface area contributed by atoms with Gasteiger partial charge in [0.2, 0.25) is 0 Å². The van der Waals surface area contributed by atoms with E-state index in [1.807, 2.05) is 0 Å². The highest BCUT2D eigenvalue weighted by atomic mass is 32.1. The standard InChI is InChI=1S/C18H23N3S/c1-2-14(12-15-6-4-3-5-7-15)13-21-10-8-16-17(9-11-21)22-18(19)20-16/h3-7,13H,2,8-12H2,1H3,(H2,19,20). The summed E-state index contributed by atoms with van der Waals surface area (Å²) in [6, 6.07) is 10.7. The van der Waals surface area contributed by atoms with Gasteiger partial charge in [-0.05, 0) is 24.6 Å². The lowest BCUT2D eigenvalue weighted by atomic mass is 10.0. The van der Waals surface area contributed by atoms with E-state index in [1.54, 1.807) is 11.3 Å².